The maximum absolute atomic E-state index is 13.0. The summed E-state index contributed by atoms with van der Waals surface area (Å²) >= 11 is 0. The van der Waals surface area contributed by atoms with Gasteiger partial charge in [-0.3, -0.25) is 4.79 Å². The number of aryl methyl sites for hydroxylation is 2. The van der Waals surface area contributed by atoms with Crippen LogP contribution in [0, 0.1) is 5.92 Å². The Morgan fingerprint density at radius 1 is 1.04 bits per heavy atom. The van der Waals surface area contributed by atoms with E-state index in [1.54, 1.807) is 0 Å². The first-order valence-corrected chi connectivity index (χ1v) is 10.7. The molecule has 1 N–H and O–H groups in total. The molecular weight excluding hydrogens is 346 g/mol. The minimum absolute atomic E-state index is 0.00915. The van der Waals surface area contributed by atoms with E-state index in [-0.39, 0.29) is 11.9 Å². The number of rotatable bonds is 8. The highest BCUT2D eigenvalue weighted by Crippen LogP contribution is 2.27. The van der Waals surface area contributed by atoms with Crippen LogP contribution in [0.5, 0.6) is 5.75 Å². The molecule has 0 saturated heterocycles. The van der Waals surface area contributed by atoms with Gasteiger partial charge in [-0.05, 0) is 73.3 Å². The van der Waals surface area contributed by atoms with Crippen LogP contribution >= 0.6 is 0 Å². The number of hydrogen-bond acceptors (Lipinski definition) is 2. The van der Waals surface area contributed by atoms with E-state index in [4.69, 9.17) is 4.74 Å². The van der Waals surface area contributed by atoms with Gasteiger partial charge in [-0.15, -0.1) is 0 Å². The van der Waals surface area contributed by atoms with Crippen molar-refractivity contribution in [2.24, 2.45) is 5.92 Å². The van der Waals surface area contributed by atoms with Crippen LogP contribution in [-0.4, -0.2) is 12.0 Å². The largest absolute Gasteiger partial charge is 0.481 e. The van der Waals surface area contributed by atoms with Gasteiger partial charge in [-0.25, -0.2) is 0 Å². The van der Waals surface area contributed by atoms with Gasteiger partial charge in [0, 0.05) is 0 Å². The zero-order chi connectivity index (χ0) is 19.9. The molecule has 1 amide bonds. The fourth-order valence-electron chi connectivity index (χ4n) is 3.97. The van der Waals surface area contributed by atoms with E-state index in [1.807, 2.05) is 31.2 Å². The summed E-state index contributed by atoms with van der Waals surface area (Å²) in [5, 5.41) is 3.23. The second kappa shape index (κ2) is 9.77. The third-order valence-corrected chi connectivity index (χ3v) is 5.49. The Morgan fingerprint density at radius 2 is 1.75 bits per heavy atom. The van der Waals surface area contributed by atoms with Gasteiger partial charge >= 0.3 is 0 Å². The molecule has 0 fully saturated rings. The molecule has 3 heteroatoms. The van der Waals surface area contributed by atoms with Crippen molar-refractivity contribution in [3.8, 4) is 5.75 Å². The Kier molecular flexibility index (Phi) is 7.13. The molecule has 2 atom stereocenters. The molecule has 1 aliphatic rings. The molecule has 150 valence electrons. The van der Waals surface area contributed by atoms with Crippen molar-refractivity contribution in [1.82, 2.24) is 5.32 Å². The molecule has 1 aliphatic carbocycles. The van der Waals surface area contributed by atoms with Crippen molar-refractivity contribution < 1.29 is 9.53 Å². The Labute approximate surface area is 169 Å². The molecule has 0 saturated carbocycles. The average Bonchev–Trinajstić information content (AvgIpc) is 2.71. The van der Waals surface area contributed by atoms with Crippen LogP contribution in [0.2, 0.25) is 0 Å². The Hall–Kier alpha value is -2.29. The minimum atomic E-state index is -0.472. The average molecular weight is 380 g/mol. The number of fused-ring (bicyclic) bond motifs is 1. The lowest BCUT2D eigenvalue weighted by Gasteiger charge is -2.25. The predicted octanol–water partition coefficient (Wildman–Crippen LogP) is 5.63. The van der Waals surface area contributed by atoms with E-state index in [0.29, 0.717) is 12.3 Å². The van der Waals surface area contributed by atoms with Gasteiger partial charge in [-0.2, -0.15) is 0 Å². The van der Waals surface area contributed by atoms with Gasteiger partial charge in [0.1, 0.15) is 5.75 Å². The van der Waals surface area contributed by atoms with Crippen molar-refractivity contribution in [3.63, 3.8) is 0 Å². The molecule has 0 aliphatic heterocycles. The maximum atomic E-state index is 13.0. The Balaban J connectivity index is 1.69. The van der Waals surface area contributed by atoms with Crippen LogP contribution < -0.4 is 10.1 Å². The van der Waals surface area contributed by atoms with Crippen molar-refractivity contribution in [3.05, 3.63) is 65.2 Å². The molecule has 0 unspecified atom stereocenters. The molecule has 2 aromatic rings. The molecule has 3 rings (SSSR count). The lowest BCUT2D eigenvalue weighted by atomic mass is 9.92. The number of nitrogens with one attached hydrogen (secondary N) is 1. The van der Waals surface area contributed by atoms with E-state index < -0.39 is 6.10 Å². The highest BCUT2D eigenvalue weighted by atomic mass is 16.5. The highest BCUT2D eigenvalue weighted by molar-refractivity contribution is 5.81. The van der Waals surface area contributed by atoms with Crippen LogP contribution in [0.3, 0.4) is 0 Å². The van der Waals surface area contributed by atoms with Crippen LogP contribution in [0.15, 0.2) is 48.5 Å². The first-order valence-electron chi connectivity index (χ1n) is 10.7. The van der Waals surface area contributed by atoms with Gasteiger partial charge in [0.05, 0.1) is 6.04 Å². The van der Waals surface area contributed by atoms with E-state index in [0.717, 1.165) is 30.6 Å². The van der Waals surface area contributed by atoms with Gasteiger partial charge in [0.2, 0.25) is 0 Å². The summed E-state index contributed by atoms with van der Waals surface area (Å²) in [4.78, 5) is 13.0. The van der Waals surface area contributed by atoms with Crippen molar-refractivity contribution in [2.75, 3.05) is 0 Å². The third-order valence-electron chi connectivity index (χ3n) is 5.49. The molecule has 28 heavy (non-hydrogen) atoms. The second-order valence-electron chi connectivity index (χ2n) is 8.25. The summed E-state index contributed by atoms with van der Waals surface area (Å²) in [6.45, 7) is 6.37. The molecule has 2 aromatic carbocycles. The van der Waals surface area contributed by atoms with Crippen LogP contribution in [-0.2, 0) is 17.6 Å². The molecule has 0 heterocycles. The van der Waals surface area contributed by atoms with Crippen LogP contribution in [0.1, 0.15) is 69.2 Å². The zero-order valence-corrected chi connectivity index (χ0v) is 17.4. The summed E-state index contributed by atoms with van der Waals surface area (Å²) in [5.41, 5.74) is 3.95. The molecular formula is C25H33NO2. The molecule has 3 nitrogen and oxygen atoms in total. The van der Waals surface area contributed by atoms with Gasteiger partial charge in [0.25, 0.3) is 5.91 Å². The molecule has 0 spiro atoms. The van der Waals surface area contributed by atoms with Crippen molar-refractivity contribution >= 4 is 5.91 Å². The summed E-state index contributed by atoms with van der Waals surface area (Å²) < 4.78 is 6.12. The summed E-state index contributed by atoms with van der Waals surface area (Å²) in [6, 6.07) is 16.5. The topological polar surface area (TPSA) is 38.3 Å². The smallest absolute Gasteiger partial charge is 0.261 e. The van der Waals surface area contributed by atoms with E-state index in [1.165, 1.54) is 24.0 Å². The van der Waals surface area contributed by atoms with Crippen LogP contribution in [0.4, 0.5) is 0 Å². The Bertz CT molecular complexity index is 769. The SMILES string of the molecule is CC[C@@H](Oc1ccc2c(c1)CCCC2)C(=O)N[C@H](CC(C)C)c1ccccc1. The number of carbonyl (C=O) groups is 1. The minimum Gasteiger partial charge on any atom is -0.481 e. The fourth-order valence-corrected chi connectivity index (χ4v) is 3.97. The first kappa shape index (κ1) is 20.4. The monoisotopic (exact) mass is 379 g/mol. The number of ether oxygens (including phenoxy) is 1. The third kappa shape index (κ3) is 5.37. The first-order chi connectivity index (χ1) is 13.6. The second-order valence-corrected chi connectivity index (χ2v) is 8.25. The van der Waals surface area contributed by atoms with Gasteiger partial charge in [0.15, 0.2) is 6.10 Å². The summed E-state index contributed by atoms with van der Waals surface area (Å²) in [5.74, 6) is 1.27. The predicted molar refractivity (Wildman–Crippen MR) is 115 cm³/mol. The van der Waals surface area contributed by atoms with Gasteiger partial charge in [-0.1, -0.05) is 57.2 Å². The molecule has 0 aromatic heterocycles. The Morgan fingerprint density at radius 3 is 2.43 bits per heavy atom. The van der Waals surface area contributed by atoms with E-state index in [2.05, 4.69) is 43.4 Å². The number of hydrogen-bond donors (Lipinski definition) is 1. The summed E-state index contributed by atoms with van der Waals surface area (Å²) in [7, 11) is 0. The lowest BCUT2D eigenvalue weighted by Crippen LogP contribution is -2.40. The fraction of sp³-hybridized carbons (Fsp3) is 0.480. The quantitative estimate of drug-likeness (QED) is 0.646. The van der Waals surface area contributed by atoms with Crippen molar-refractivity contribution in [2.45, 2.75) is 71.4 Å². The van der Waals surface area contributed by atoms with Crippen molar-refractivity contribution in [1.29, 1.82) is 0 Å². The normalized spacial score (nSPS) is 15.6. The van der Waals surface area contributed by atoms with E-state index >= 15 is 0 Å². The zero-order valence-electron chi connectivity index (χ0n) is 17.4. The number of carbonyl (C=O) groups excluding carboxylic acids is 1. The number of amides is 1. The van der Waals surface area contributed by atoms with Crippen LogP contribution in [0.25, 0.3) is 0 Å². The standard InChI is InChI=1S/C25H33NO2/c1-4-24(28-22-15-14-19-10-8-9-13-21(19)17-22)25(27)26-23(16-18(2)3)20-11-6-5-7-12-20/h5-7,11-12,14-15,17-18,23-24H,4,8-10,13,16H2,1-3H3,(H,26,27)/t23-,24-/m1/s1. The highest BCUT2D eigenvalue weighted by Gasteiger charge is 2.23. The molecule has 0 radical (unpaired) electrons. The van der Waals surface area contributed by atoms with Gasteiger partial charge < -0.3 is 10.1 Å². The number of benzene rings is 2. The summed E-state index contributed by atoms with van der Waals surface area (Å²) in [6.07, 6.45) is 5.85. The maximum Gasteiger partial charge on any atom is 0.261 e. The van der Waals surface area contributed by atoms with E-state index in [9.17, 15) is 4.79 Å². The molecule has 0 bridgehead atoms. The lowest BCUT2D eigenvalue weighted by molar-refractivity contribution is -0.129.